The maximum atomic E-state index is 13.3. The van der Waals surface area contributed by atoms with E-state index >= 15 is 0 Å². The number of carbonyl (C=O) groups is 2. The van der Waals surface area contributed by atoms with Crippen LogP contribution in [0.25, 0.3) is 0 Å². The molecule has 0 unspecified atom stereocenters. The number of nitrogens with one attached hydrogen (secondary N) is 2. The average molecular weight is 491 g/mol. The van der Waals surface area contributed by atoms with Crippen LogP contribution in [0.15, 0.2) is 84.9 Å². The highest BCUT2D eigenvalue weighted by Gasteiger charge is 2.28. The van der Waals surface area contributed by atoms with Crippen LogP contribution in [0, 0.1) is 0 Å². The van der Waals surface area contributed by atoms with Crippen molar-refractivity contribution in [2.45, 2.75) is 19.0 Å². The van der Waals surface area contributed by atoms with Crippen LogP contribution in [0.3, 0.4) is 0 Å². The number of piperazine rings is 1. The van der Waals surface area contributed by atoms with Gasteiger partial charge in [0, 0.05) is 26.2 Å². The second kappa shape index (κ2) is 12.0. The molecule has 182 valence electrons. The van der Waals surface area contributed by atoms with Crippen molar-refractivity contribution in [2.75, 3.05) is 38.0 Å². The topological polar surface area (TPSA) is 64.7 Å². The summed E-state index contributed by atoms with van der Waals surface area (Å²) in [5, 5.41) is 6.65. The van der Waals surface area contributed by atoms with E-state index in [2.05, 4.69) is 20.4 Å². The fourth-order valence-corrected chi connectivity index (χ4v) is 4.53. The quantitative estimate of drug-likeness (QED) is 0.497. The van der Waals surface area contributed by atoms with Crippen molar-refractivity contribution in [3.8, 4) is 0 Å². The molecule has 3 aromatic carbocycles. The zero-order valence-electron chi connectivity index (χ0n) is 19.9. The largest absolute Gasteiger partial charge is 0.344 e. The van der Waals surface area contributed by atoms with Crippen molar-refractivity contribution in [3.05, 3.63) is 101 Å². The Morgan fingerprint density at radius 3 is 1.94 bits per heavy atom. The molecule has 1 aliphatic heterocycles. The van der Waals surface area contributed by atoms with E-state index in [0.717, 1.165) is 24.2 Å². The average Bonchev–Trinajstić information content (AvgIpc) is 2.89. The zero-order chi connectivity index (χ0) is 24.6. The Labute approximate surface area is 211 Å². The minimum Gasteiger partial charge on any atom is -0.344 e. The van der Waals surface area contributed by atoms with E-state index in [-0.39, 0.29) is 23.9 Å². The number of rotatable bonds is 8. The first-order valence-corrected chi connectivity index (χ1v) is 12.3. The molecule has 0 aromatic heterocycles. The van der Waals surface area contributed by atoms with Crippen molar-refractivity contribution in [3.63, 3.8) is 0 Å². The van der Waals surface area contributed by atoms with Crippen LogP contribution in [0.5, 0.6) is 0 Å². The van der Waals surface area contributed by atoms with Gasteiger partial charge in [-0.3, -0.25) is 19.4 Å². The predicted octanol–water partition coefficient (Wildman–Crippen LogP) is 4.19. The summed E-state index contributed by atoms with van der Waals surface area (Å²) >= 11 is 6.14. The second-order valence-corrected chi connectivity index (χ2v) is 9.19. The highest BCUT2D eigenvalue weighted by Crippen LogP contribution is 2.23. The standard InChI is InChI=1S/C28H31ClN4O2/c1-21(28(35)31-27(22-10-4-2-5-11-22)23-12-6-3-7-13-23)33-18-16-32(17-19-33)20-26(34)30-25-15-9-8-14-24(25)29/h2-15,21,27H,16-20H2,1H3,(H,30,34)(H,31,35)/t21-/m1/s1. The number of benzene rings is 3. The summed E-state index contributed by atoms with van der Waals surface area (Å²) in [4.78, 5) is 30.0. The van der Waals surface area contributed by atoms with Crippen LogP contribution in [0.4, 0.5) is 5.69 Å². The first-order valence-electron chi connectivity index (χ1n) is 11.9. The van der Waals surface area contributed by atoms with Crippen molar-refractivity contribution >= 4 is 29.1 Å². The van der Waals surface area contributed by atoms with E-state index in [0.29, 0.717) is 30.3 Å². The molecule has 1 saturated heterocycles. The fourth-order valence-electron chi connectivity index (χ4n) is 4.34. The van der Waals surface area contributed by atoms with E-state index < -0.39 is 0 Å². The molecule has 1 aliphatic rings. The summed E-state index contributed by atoms with van der Waals surface area (Å²) in [7, 11) is 0. The molecule has 4 rings (SSSR count). The number of nitrogens with zero attached hydrogens (tertiary/aromatic N) is 2. The van der Waals surface area contributed by atoms with E-state index in [1.807, 2.05) is 79.7 Å². The van der Waals surface area contributed by atoms with Crippen molar-refractivity contribution < 1.29 is 9.59 Å². The van der Waals surface area contributed by atoms with E-state index in [9.17, 15) is 9.59 Å². The van der Waals surface area contributed by atoms with Gasteiger partial charge in [0.25, 0.3) is 0 Å². The maximum Gasteiger partial charge on any atom is 0.238 e. The van der Waals surface area contributed by atoms with E-state index in [4.69, 9.17) is 11.6 Å². The molecule has 1 fully saturated rings. The third-order valence-electron chi connectivity index (χ3n) is 6.40. The second-order valence-electron chi connectivity index (χ2n) is 8.78. The lowest BCUT2D eigenvalue weighted by Crippen LogP contribution is -2.55. The molecule has 0 saturated carbocycles. The van der Waals surface area contributed by atoms with E-state index in [1.54, 1.807) is 12.1 Å². The minimum absolute atomic E-state index is 0.00683. The van der Waals surface area contributed by atoms with Crippen molar-refractivity contribution in [1.82, 2.24) is 15.1 Å². The molecular formula is C28H31ClN4O2. The van der Waals surface area contributed by atoms with Gasteiger partial charge in [0.15, 0.2) is 0 Å². The first kappa shape index (κ1) is 24.9. The minimum atomic E-state index is -0.274. The molecular weight excluding hydrogens is 460 g/mol. The maximum absolute atomic E-state index is 13.3. The Balaban J connectivity index is 1.31. The zero-order valence-corrected chi connectivity index (χ0v) is 20.6. The van der Waals surface area contributed by atoms with Gasteiger partial charge < -0.3 is 10.6 Å². The van der Waals surface area contributed by atoms with Crippen LogP contribution >= 0.6 is 11.6 Å². The Morgan fingerprint density at radius 1 is 0.829 bits per heavy atom. The van der Waals surface area contributed by atoms with Crippen LogP contribution in [0.1, 0.15) is 24.1 Å². The molecule has 7 heteroatoms. The van der Waals surface area contributed by atoms with Gasteiger partial charge in [-0.2, -0.15) is 0 Å². The summed E-state index contributed by atoms with van der Waals surface area (Å²) in [6.07, 6.45) is 0. The van der Waals surface area contributed by atoms with Gasteiger partial charge in [-0.15, -0.1) is 0 Å². The Bertz CT molecular complexity index is 1080. The highest BCUT2D eigenvalue weighted by molar-refractivity contribution is 6.33. The number of carbonyl (C=O) groups excluding carboxylic acids is 2. The van der Waals surface area contributed by atoms with Gasteiger partial charge in [0.2, 0.25) is 11.8 Å². The molecule has 3 aromatic rings. The number of halogens is 1. The van der Waals surface area contributed by atoms with Crippen LogP contribution in [-0.2, 0) is 9.59 Å². The summed E-state index contributed by atoms with van der Waals surface area (Å²) in [5.41, 5.74) is 2.72. The number of anilines is 1. The number of hydrogen-bond donors (Lipinski definition) is 2. The Hall–Kier alpha value is -3.19. The lowest BCUT2D eigenvalue weighted by molar-refractivity contribution is -0.127. The number of hydrogen-bond acceptors (Lipinski definition) is 4. The third-order valence-corrected chi connectivity index (χ3v) is 6.73. The number of amides is 2. The summed E-state index contributed by atoms with van der Waals surface area (Å²) < 4.78 is 0. The molecule has 1 atom stereocenters. The first-order chi connectivity index (χ1) is 17.0. The molecule has 0 spiro atoms. The fraction of sp³-hybridized carbons (Fsp3) is 0.286. The third kappa shape index (κ3) is 6.69. The Morgan fingerprint density at radius 2 is 1.37 bits per heavy atom. The van der Waals surface area contributed by atoms with Crippen molar-refractivity contribution in [2.24, 2.45) is 0 Å². The lowest BCUT2D eigenvalue weighted by atomic mass is 9.98. The SMILES string of the molecule is C[C@H](C(=O)NC(c1ccccc1)c1ccccc1)N1CCN(CC(=O)Nc2ccccc2Cl)CC1. The van der Waals surface area contributed by atoms with Crippen molar-refractivity contribution in [1.29, 1.82) is 0 Å². The monoisotopic (exact) mass is 490 g/mol. The molecule has 0 aliphatic carbocycles. The normalized spacial score (nSPS) is 15.5. The van der Waals surface area contributed by atoms with Crippen LogP contribution in [0.2, 0.25) is 5.02 Å². The van der Waals surface area contributed by atoms with Crippen LogP contribution < -0.4 is 10.6 Å². The molecule has 1 heterocycles. The molecule has 6 nitrogen and oxygen atoms in total. The van der Waals surface area contributed by atoms with Gasteiger partial charge in [0.05, 0.1) is 29.3 Å². The number of para-hydroxylation sites is 1. The molecule has 0 bridgehead atoms. The van der Waals surface area contributed by atoms with Gasteiger partial charge in [0.1, 0.15) is 0 Å². The Kier molecular flexibility index (Phi) is 8.53. The van der Waals surface area contributed by atoms with Gasteiger partial charge in [-0.25, -0.2) is 0 Å². The van der Waals surface area contributed by atoms with Gasteiger partial charge in [-0.05, 0) is 30.2 Å². The van der Waals surface area contributed by atoms with Gasteiger partial charge in [-0.1, -0.05) is 84.4 Å². The summed E-state index contributed by atoms with van der Waals surface area (Å²) in [6, 6.07) is 26.8. The predicted molar refractivity (Wildman–Crippen MR) is 140 cm³/mol. The molecule has 35 heavy (non-hydrogen) atoms. The summed E-state index contributed by atoms with van der Waals surface area (Å²) in [6.45, 7) is 5.11. The van der Waals surface area contributed by atoms with E-state index in [1.165, 1.54) is 0 Å². The lowest BCUT2D eigenvalue weighted by Gasteiger charge is -2.37. The summed E-state index contributed by atoms with van der Waals surface area (Å²) in [5.74, 6) is -0.0986. The molecule has 0 radical (unpaired) electrons. The molecule has 2 amide bonds. The van der Waals surface area contributed by atoms with Crippen LogP contribution in [-0.4, -0.2) is 60.4 Å². The van der Waals surface area contributed by atoms with Gasteiger partial charge >= 0.3 is 0 Å². The highest BCUT2D eigenvalue weighted by atomic mass is 35.5. The smallest absolute Gasteiger partial charge is 0.238 e. The molecule has 2 N–H and O–H groups in total.